The Labute approximate surface area is 231 Å². The van der Waals surface area contributed by atoms with Crippen LogP contribution in [0.3, 0.4) is 0 Å². The molecule has 38 heavy (non-hydrogen) atoms. The van der Waals surface area contributed by atoms with Crippen LogP contribution in [-0.2, 0) is 4.79 Å². The molecule has 0 radical (unpaired) electrons. The molecule has 3 aromatic rings. The van der Waals surface area contributed by atoms with Crippen LogP contribution >= 0.6 is 23.2 Å². The van der Waals surface area contributed by atoms with Gasteiger partial charge >= 0.3 is 5.97 Å². The first-order valence-corrected chi connectivity index (χ1v) is 14.1. The number of imidazole rings is 1. The molecule has 0 bridgehead atoms. The van der Waals surface area contributed by atoms with E-state index >= 15 is 0 Å². The van der Waals surface area contributed by atoms with Crippen molar-refractivity contribution in [3.8, 4) is 0 Å². The number of anilines is 2. The fraction of sp³-hybridized carbons (Fsp3) is 0.556. The lowest BCUT2D eigenvalue weighted by atomic mass is 9.65. The van der Waals surface area contributed by atoms with Crippen LogP contribution in [0.1, 0.15) is 51.1 Å². The molecule has 2 atom stereocenters. The molecule has 6 rings (SSSR count). The van der Waals surface area contributed by atoms with Gasteiger partial charge in [0, 0.05) is 35.7 Å². The number of likely N-dealkylation sites (tertiary alicyclic amines) is 1. The molecule has 1 saturated carbocycles. The van der Waals surface area contributed by atoms with Gasteiger partial charge in [0.1, 0.15) is 5.52 Å². The third-order valence-electron chi connectivity index (χ3n) is 8.81. The molecule has 4 heterocycles. The second-order valence-electron chi connectivity index (χ2n) is 11.5. The molecular formula is C27H33Cl2N7O2. The molecule has 3 fully saturated rings. The number of nitrogens with one attached hydrogen (secondary N) is 2. The number of aliphatic carboxylic acids is 1. The minimum absolute atomic E-state index is 0.0964. The fourth-order valence-corrected chi connectivity index (χ4v) is 6.92. The second kappa shape index (κ2) is 9.84. The van der Waals surface area contributed by atoms with E-state index in [2.05, 4.69) is 25.1 Å². The third kappa shape index (κ3) is 4.69. The number of aromatic nitrogens is 4. The van der Waals surface area contributed by atoms with Gasteiger partial charge in [0.05, 0.1) is 17.8 Å². The van der Waals surface area contributed by atoms with Crippen molar-refractivity contribution in [1.82, 2.24) is 24.8 Å². The molecule has 0 amide bonds. The molecule has 3 aliphatic rings. The number of H-pyrrole nitrogens is 1. The highest BCUT2D eigenvalue weighted by Crippen LogP contribution is 2.45. The molecular weight excluding hydrogens is 525 g/mol. The SMILES string of the molecule is C[C@@H](Nc1nc(N2CC([C@H]3CCCN([C@H]4C[C@](C)(C(=O)O)C4)C3)C2)nc2nc[nH]c12)c1ccc(Cl)cc1Cl. The van der Waals surface area contributed by atoms with E-state index in [4.69, 9.17) is 33.2 Å². The molecule has 2 saturated heterocycles. The predicted octanol–water partition coefficient (Wildman–Crippen LogP) is 5.23. The lowest BCUT2D eigenvalue weighted by Crippen LogP contribution is -2.58. The van der Waals surface area contributed by atoms with Crippen LogP contribution in [0, 0.1) is 17.3 Å². The van der Waals surface area contributed by atoms with Crippen LogP contribution in [0.5, 0.6) is 0 Å². The minimum Gasteiger partial charge on any atom is -0.481 e. The number of nitrogens with zero attached hydrogens (tertiary/aromatic N) is 5. The maximum absolute atomic E-state index is 11.5. The number of carbonyl (C=O) groups is 1. The molecule has 2 aromatic heterocycles. The van der Waals surface area contributed by atoms with Gasteiger partial charge < -0.3 is 25.2 Å². The molecule has 2 aliphatic heterocycles. The molecule has 1 aliphatic carbocycles. The van der Waals surface area contributed by atoms with Gasteiger partial charge in [-0.1, -0.05) is 29.3 Å². The average Bonchev–Trinajstić information content (AvgIpc) is 3.30. The highest BCUT2D eigenvalue weighted by molar-refractivity contribution is 6.35. The normalized spacial score (nSPS) is 27.1. The van der Waals surface area contributed by atoms with E-state index in [0.717, 1.165) is 50.1 Å². The maximum Gasteiger partial charge on any atom is 0.309 e. The van der Waals surface area contributed by atoms with Gasteiger partial charge in [0.2, 0.25) is 5.95 Å². The molecule has 0 spiro atoms. The number of piperidine rings is 1. The number of hydrogen-bond acceptors (Lipinski definition) is 7. The lowest BCUT2D eigenvalue weighted by Gasteiger charge is -2.52. The summed E-state index contributed by atoms with van der Waals surface area (Å²) >= 11 is 12.5. The van der Waals surface area contributed by atoms with Crippen molar-refractivity contribution in [1.29, 1.82) is 0 Å². The number of carboxylic acids is 1. The first-order chi connectivity index (χ1) is 18.2. The number of carboxylic acid groups (broad SMARTS) is 1. The second-order valence-corrected chi connectivity index (χ2v) is 12.3. The highest BCUT2D eigenvalue weighted by Gasteiger charge is 2.49. The highest BCUT2D eigenvalue weighted by atomic mass is 35.5. The summed E-state index contributed by atoms with van der Waals surface area (Å²) in [4.78, 5) is 33.5. The van der Waals surface area contributed by atoms with E-state index in [0.29, 0.717) is 45.3 Å². The van der Waals surface area contributed by atoms with E-state index in [1.807, 2.05) is 26.0 Å². The van der Waals surface area contributed by atoms with Gasteiger partial charge in [-0.05, 0) is 75.6 Å². The molecule has 9 nitrogen and oxygen atoms in total. The standard InChI is InChI=1S/C27H33Cl2N7O2/c1-15(20-6-5-18(28)8-21(20)29)32-24-22-23(31-14-30-22)33-26(34-24)36-12-17(13-36)16-4-3-7-35(11-16)19-9-27(2,10-19)25(37)38/h5-6,8,14-17,19H,3-4,7,9-13H2,1-2H3,(H,37,38)(H2,30,31,32,33,34)/t15-,16+,19-,27-/m1/s1. The Morgan fingerprint density at radius 2 is 2.00 bits per heavy atom. The Morgan fingerprint density at radius 1 is 1.21 bits per heavy atom. The average molecular weight is 559 g/mol. The van der Waals surface area contributed by atoms with Crippen molar-refractivity contribution in [2.75, 3.05) is 36.4 Å². The zero-order chi connectivity index (χ0) is 26.6. The van der Waals surface area contributed by atoms with Gasteiger partial charge in [-0.15, -0.1) is 0 Å². The Kier molecular flexibility index (Phi) is 6.64. The summed E-state index contributed by atoms with van der Waals surface area (Å²) in [7, 11) is 0. The van der Waals surface area contributed by atoms with E-state index in [1.165, 1.54) is 12.8 Å². The van der Waals surface area contributed by atoms with Gasteiger partial charge in [-0.2, -0.15) is 9.97 Å². The van der Waals surface area contributed by atoms with Gasteiger partial charge in [-0.3, -0.25) is 4.79 Å². The maximum atomic E-state index is 11.5. The van der Waals surface area contributed by atoms with Crippen molar-refractivity contribution >= 4 is 52.1 Å². The van der Waals surface area contributed by atoms with Gasteiger partial charge in [-0.25, -0.2) is 4.98 Å². The first kappa shape index (κ1) is 25.6. The Balaban J connectivity index is 1.11. The van der Waals surface area contributed by atoms with Gasteiger partial charge in [0.15, 0.2) is 11.5 Å². The summed E-state index contributed by atoms with van der Waals surface area (Å²) in [5.41, 5.74) is 1.78. The Bertz CT molecular complexity index is 1350. The van der Waals surface area contributed by atoms with Crippen LogP contribution in [-0.4, -0.2) is 68.1 Å². The van der Waals surface area contributed by atoms with E-state index < -0.39 is 11.4 Å². The Morgan fingerprint density at radius 3 is 2.74 bits per heavy atom. The summed E-state index contributed by atoms with van der Waals surface area (Å²) in [5.74, 6) is 1.92. The molecule has 3 N–H and O–H groups in total. The quantitative estimate of drug-likeness (QED) is 0.362. The van der Waals surface area contributed by atoms with Gasteiger partial charge in [0.25, 0.3) is 0 Å². The fourth-order valence-electron chi connectivity index (χ4n) is 6.35. The molecule has 0 unspecified atom stereocenters. The van der Waals surface area contributed by atoms with Crippen molar-refractivity contribution in [3.05, 3.63) is 40.1 Å². The zero-order valence-electron chi connectivity index (χ0n) is 21.6. The lowest BCUT2D eigenvalue weighted by molar-refractivity contribution is -0.158. The largest absolute Gasteiger partial charge is 0.481 e. The topological polar surface area (TPSA) is 110 Å². The van der Waals surface area contributed by atoms with Crippen LogP contribution in [0.2, 0.25) is 10.0 Å². The van der Waals surface area contributed by atoms with E-state index in [9.17, 15) is 9.90 Å². The van der Waals surface area contributed by atoms with Crippen molar-refractivity contribution in [3.63, 3.8) is 0 Å². The van der Waals surface area contributed by atoms with Crippen molar-refractivity contribution in [2.24, 2.45) is 17.3 Å². The number of aromatic amines is 1. The minimum atomic E-state index is -0.662. The molecule has 11 heteroatoms. The number of fused-ring (bicyclic) bond motifs is 1. The molecule has 202 valence electrons. The van der Waals surface area contributed by atoms with Crippen LogP contribution in [0.15, 0.2) is 24.5 Å². The number of benzene rings is 1. The molecule has 1 aromatic carbocycles. The van der Waals surface area contributed by atoms with Crippen LogP contribution < -0.4 is 10.2 Å². The van der Waals surface area contributed by atoms with Crippen molar-refractivity contribution in [2.45, 2.75) is 51.6 Å². The van der Waals surface area contributed by atoms with Crippen molar-refractivity contribution < 1.29 is 9.90 Å². The Hall–Kier alpha value is -2.62. The van der Waals surface area contributed by atoms with Crippen LogP contribution in [0.4, 0.5) is 11.8 Å². The van der Waals surface area contributed by atoms with E-state index in [1.54, 1.807) is 12.4 Å². The number of halogens is 2. The summed E-state index contributed by atoms with van der Waals surface area (Å²) < 4.78 is 0. The predicted molar refractivity (Wildman–Crippen MR) is 149 cm³/mol. The number of rotatable bonds is 7. The smallest absolute Gasteiger partial charge is 0.309 e. The summed E-state index contributed by atoms with van der Waals surface area (Å²) in [6.45, 7) is 7.89. The summed E-state index contributed by atoms with van der Waals surface area (Å²) in [6, 6.07) is 5.82. The monoisotopic (exact) mass is 557 g/mol. The summed E-state index contributed by atoms with van der Waals surface area (Å²) in [5, 5.41) is 14.2. The van der Waals surface area contributed by atoms with Crippen LogP contribution in [0.25, 0.3) is 11.2 Å². The summed E-state index contributed by atoms with van der Waals surface area (Å²) in [6.07, 6.45) is 5.57. The first-order valence-electron chi connectivity index (χ1n) is 13.3. The van der Waals surface area contributed by atoms with E-state index in [-0.39, 0.29) is 6.04 Å². The zero-order valence-corrected chi connectivity index (χ0v) is 23.1. The third-order valence-corrected chi connectivity index (χ3v) is 9.37. The number of hydrogen-bond donors (Lipinski definition) is 3.